The lowest BCUT2D eigenvalue weighted by molar-refractivity contribution is -0.122. The van der Waals surface area contributed by atoms with Gasteiger partial charge >= 0.3 is 0 Å². The van der Waals surface area contributed by atoms with Gasteiger partial charge in [-0.1, -0.05) is 17.7 Å². The van der Waals surface area contributed by atoms with E-state index in [2.05, 4.69) is 0 Å². The van der Waals surface area contributed by atoms with Crippen LogP contribution in [-0.4, -0.2) is 24.9 Å². The monoisotopic (exact) mass is 316 g/mol. The fraction of sp³-hybridized carbons (Fsp3) is 0.364. The Morgan fingerprint density at radius 3 is 2.58 bits per heavy atom. The van der Waals surface area contributed by atoms with Gasteiger partial charge in [-0.3, -0.25) is 4.79 Å². The molecule has 19 heavy (non-hydrogen) atoms. The van der Waals surface area contributed by atoms with Crippen LogP contribution >= 0.6 is 24.0 Å². The summed E-state index contributed by atoms with van der Waals surface area (Å²) in [7, 11) is 0. The first-order chi connectivity index (χ1) is 8.35. The van der Waals surface area contributed by atoms with Crippen LogP contribution in [0.4, 0.5) is 13.2 Å². The van der Waals surface area contributed by atoms with Crippen molar-refractivity contribution in [1.82, 2.24) is 5.32 Å². The average molecular weight is 317 g/mol. The molecule has 0 radical (unpaired) electrons. The van der Waals surface area contributed by atoms with Gasteiger partial charge in [0.2, 0.25) is 5.91 Å². The third-order valence-corrected chi connectivity index (χ3v) is 2.60. The van der Waals surface area contributed by atoms with E-state index in [0.717, 1.165) is 6.07 Å². The van der Waals surface area contributed by atoms with Crippen LogP contribution in [0.5, 0.6) is 0 Å². The van der Waals surface area contributed by atoms with Gasteiger partial charge in [0.1, 0.15) is 5.82 Å². The maximum Gasteiger partial charge on any atom is 0.277 e. The van der Waals surface area contributed by atoms with E-state index < -0.39 is 37.2 Å². The number of benzene rings is 1. The Bertz CT molecular complexity index is 424. The van der Waals surface area contributed by atoms with Gasteiger partial charge in [-0.15, -0.1) is 12.4 Å². The molecule has 1 aromatic rings. The fourth-order valence-electron chi connectivity index (χ4n) is 1.22. The van der Waals surface area contributed by atoms with E-state index in [1.807, 2.05) is 5.32 Å². The molecule has 3 nitrogen and oxygen atoms in total. The first kappa shape index (κ1) is 18.0. The molecular weight excluding hydrogens is 304 g/mol. The zero-order chi connectivity index (χ0) is 13.8. The van der Waals surface area contributed by atoms with Crippen molar-refractivity contribution >= 4 is 29.9 Å². The molecule has 0 fully saturated rings. The first-order valence-corrected chi connectivity index (χ1v) is 5.51. The standard InChI is InChI=1S/C11H12ClF3N2O.ClH/c12-8-2-1-3-9(13)7(8)4-10(18)17-6-11(14,15)5-16;/h1-3H,4-6,16H2,(H,17,18);1H. The number of amides is 1. The highest BCUT2D eigenvalue weighted by Crippen LogP contribution is 2.19. The summed E-state index contributed by atoms with van der Waals surface area (Å²) < 4.78 is 38.9. The zero-order valence-corrected chi connectivity index (χ0v) is 11.3. The van der Waals surface area contributed by atoms with Crippen molar-refractivity contribution in [2.45, 2.75) is 12.3 Å². The molecule has 1 rings (SSSR count). The molecule has 0 spiro atoms. The van der Waals surface area contributed by atoms with E-state index in [4.69, 9.17) is 17.3 Å². The van der Waals surface area contributed by atoms with Crippen molar-refractivity contribution in [1.29, 1.82) is 0 Å². The molecule has 0 heterocycles. The van der Waals surface area contributed by atoms with Crippen LogP contribution in [0.1, 0.15) is 5.56 Å². The third kappa shape index (κ3) is 5.67. The normalized spacial score (nSPS) is 10.8. The lowest BCUT2D eigenvalue weighted by Crippen LogP contribution is -2.42. The highest BCUT2D eigenvalue weighted by molar-refractivity contribution is 6.31. The predicted octanol–water partition coefficient (Wildman–Crippen LogP) is 2.15. The Morgan fingerprint density at radius 1 is 1.42 bits per heavy atom. The zero-order valence-electron chi connectivity index (χ0n) is 9.76. The maximum atomic E-state index is 13.3. The molecule has 1 amide bonds. The predicted molar refractivity (Wildman–Crippen MR) is 69.4 cm³/mol. The van der Waals surface area contributed by atoms with Crippen molar-refractivity contribution in [2.75, 3.05) is 13.1 Å². The van der Waals surface area contributed by atoms with Gasteiger partial charge in [-0.25, -0.2) is 13.2 Å². The van der Waals surface area contributed by atoms with Crippen LogP contribution in [0, 0.1) is 5.82 Å². The van der Waals surface area contributed by atoms with E-state index >= 15 is 0 Å². The second-order valence-electron chi connectivity index (χ2n) is 3.71. The highest BCUT2D eigenvalue weighted by Gasteiger charge is 2.27. The van der Waals surface area contributed by atoms with Crippen molar-refractivity contribution in [3.63, 3.8) is 0 Å². The number of carbonyl (C=O) groups excluding carboxylic acids is 1. The lowest BCUT2D eigenvalue weighted by Gasteiger charge is -2.14. The van der Waals surface area contributed by atoms with Crippen LogP contribution in [0.2, 0.25) is 5.02 Å². The molecule has 3 N–H and O–H groups in total. The topological polar surface area (TPSA) is 55.1 Å². The number of alkyl halides is 2. The molecule has 0 aliphatic heterocycles. The molecule has 8 heteroatoms. The average Bonchev–Trinajstić information content (AvgIpc) is 2.32. The largest absolute Gasteiger partial charge is 0.350 e. The van der Waals surface area contributed by atoms with E-state index in [0.29, 0.717) is 0 Å². The van der Waals surface area contributed by atoms with Crippen LogP contribution in [-0.2, 0) is 11.2 Å². The van der Waals surface area contributed by atoms with E-state index in [1.54, 1.807) is 0 Å². The Kier molecular flexibility index (Phi) is 7.18. The molecule has 0 aliphatic rings. The van der Waals surface area contributed by atoms with Crippen LogP contribution in [0.25, 0.3) is 0 Å². The summed E-state index contributed by atoms with van der Waals surface area (Å²) >= 11 is 5.70. The Balaban J connectivity index is 0.00000324. The summed E-state index contributed by atoms with van der Waals surface area (Å²) in [6.45, 7) is -1.75. The lowest BCUT2D eigenvalue weighted by atomic mass is 10.1. The van der Waals surface area contributed by atoms with Gasteiger partial charge < -0.3 is 11.1 Å². The van der Waals surface area contributed by atoms with E-state index in [-0.39, 0.29) is 23.0 Å². The molecule has 0 atom stereocenters. The minimum absolute atomic E-state index is 0. The Labute approximate surface area is 119 Å². The number of halogens is 5. The van der Waals surface area contributed by atoms with E-state index in [9.17, 15) is 18.0 Å². The second-order valence-corrected chi connectivity index (χ2v) is 4.12. The van der Waals surface area contributed by atoms with Gasteiger partial charge in [0.25, 0.3) is 5.92 Å². The van der Waals surface area contributed by atoms with Crippen molar-refractivity contribution < 1.29 is 18.0 Å². The summed E-state index contributed by atoms with van der Waals surface area (Å²) in [6.07, 6.45) is -0.397. The summed E-state index contributed by atoms with van der Waals surface area (Å²) in [6, 6.07) is 3.95. The summed E-state index contributed by atoms with van der Waals surface area (Å²) in [5.74, 6) is -4.56. The Hall–Kier alpha value is -0.980. The molecule has 0 aromatic heterocycles. The Morgan fingerprint density at radius 2 is 2.05 bits per heavy atom. The maximum absolute atomic E-state index is 13.3. The van der Waals surface area contributed by atoms with Gasteiger partial charge in [0.05, 0.1) is 19.5 Å². The molecule has 108 valence electrons. The SMILES string of the molecule is Cl.NCC(F)(F)CNC(=O)Cc1c(F)cccc1Cl. The van der Waals surface area contributed by atoms with Gasteiger partial charge in [0, 0.05) is 10.6 Å². The minimum Gasteiger partial charge on any atom is -0.350 e. The molecule has 0 bridgehead atoms. The number of rotatable bonds is 5. The van der Waals surface area contributed by atoms with Gasteiger partial charge in [-0.05, 0) is 12.1 Å². The highest BCUT2D eigenvalue weighted by atomic mass is 35.5. The second kappa shape index (κ2) is 7.57. The summed E-state index contributed by atoms with van der Waals surface area (Å²) in [5, 5.41) is 2.06. The quantitative estimate of drug-likeness (QED) is 0.874. The molecule has 0 unspecified atom stereocenters. The van der Waals surface area contributed by atoms with Crippen molar-refractivity contribution in [3.05, 3.63) is 34.6 Å². The number of nitrogens with one attached hydrogen (secondary N) is 1. The van der Waals surface area contributed by atoms with E-state index in [1.165, 1.54) is 12.1 Å². The van der Waals surface area contributed by atoms with Crippen LogP contribution < -0.4 is 11.1 Å². The summed E-state index contributed by atoms with van der Waals surface area (Å²) in [4.78, 5) is 11.4. The van der Waals surface area contributed by atoms with Crippen LogP contribution in [0.3, 0.4) is 0 Å². The number of hydrogen-bond acceptors (Lipinski definition) is 2. The molecule has 0 saturated heterocycles. The summed E-state index contributed by atoms with van der Waals surface area (Å²) in [5.41, 5.74) is 4.79. The number of hydrogen-bond donors (Lipinski definition) is 2. The molecule has 0 aliphatic carbocycles. The molecule has 1 aromatic carbocycles. The smallest absolute Gasteiger partial charge is 0.277 e. The molecule has 0 saturated carbocycles. The molecular formula is C11H13Cl2F3N2O. The van der Waals surface area contributed by atoms with Gasteiger partial charge in [-0.2, -0.15) is 0 Å². The number of carbonyl (C=O) groups is 1. The van der Waals surface area contributed by atoms with Gasteiger partial charge in [0.15, 0.2) is 0 Å². The van der Waals surface area contributed by atoms with Crippen molar-refractivity contribution in [2.24, 2.45) is 5.73 Å². The minimum atomic E-state index is -3.17. The fourth-order valence-corrected chi connectivity index (χ4v) is 1.45. The number of nitrogens with two attached hydrogens (primary N) is 1. The first-order valence-electron chi connectivity index (χ1n) is 5.13. The van der Waals surface area contributed by atoms with Crippen LogP contribution in [0.15, 0.2) is 18.2 Å². The van der Waals surface area contributed by atoms with Crippen molar-refractivity contribution in [3.8, 4) is 0 Å². The third-order valence-electron chi connectivity index (χ3n) is 2.24.